The quantitative estimate of drug-likeness (QED) is 0.861. The Bertz CT molecular complexity index is 419. The Morgan fingerprint density at radius 1 is 1.28 bits per heavy atom. The van der Waals surface area contributed by atoms with E-state index in [-0.39, 0.29) is 12.1 Å². The Kier molecular flexibility index (Phi) is 4.52. The molecule has 0 fully saturated rings. The fourth-order valence-electron chi connectivity index (χ4n) is 2.62. The highest BCUT2D eigenvalue weighted by molar-refractivity contribution is 6.30. The summed E-state index contributed by atoms with van der Waals surface area (Å²) in [6.45, 7) is 7.46. The van der Waals surface area contributed by atoms with E-state index in [0.717, 1.165) is 42.1 Å². The van der Waals surface area contributed by atoms with Crippen LogP contribution in [0.1, 0.15) is 50.3 Å². The van der Waals surface area contributed by atoms with Crippen LogP contribution in [0.15, 0.2) is 12.1 Å². The summed E-state index contributed by atoms with van der Waals surface area (Å²) in [7, 11) is 0. The van der Waals surface area contributed by atoms with Gasteiger partial charge in [0.25, 0.3) is 0 Å². The van der Waals surface area contributed by atoms with E-state index in [9.17, 15) is 0 Å². The number of aryl methyl sites for hydroxylation is 1. The Hall–Kier alpha value is -0.730. The number of halogens is 1. The predicted octanol–water partition coefficient (Wildman–Crippen LogP) is 4.25. The van der Waals surface area contributed by atoms with Gasteiger partial charge in [-0.15, -0.1) is 0 Å². The predicted molar refractivity (Wildman–Crippen MR) is 76.5 cm³/mol. The van der Waals surface area contributed by atoms with Crippen molar-refractivity contribution in [3.8, 4) is 5.75 Å². The van der Waals surface area contributed by atoms with Crippen LogP contribution in [0.5, 0.6) is 5.75 Å². The summed E-state index contributed by atoms with van der Waals surface area (Å²) >= 11 is 6.17. The molecule has 2 rings (SSSR count). The Morgan fingerprint density at radius 3 is 2.72 bits per heavy atom. The minimum atomic E-state index is 0.244. The first-order valence-corrected chi connectivity index (χ1v) is 7.25. The molecule has 18 heavy (non-hydrogen) atoms. The fraction of sp³-hybridized carbons (Fsp3) is 0.600. The van der Waals surface area contributed by atoms with Crippen LogP contribution >= 0.6 is 11.6 Å². The molecular formula is C15H22ClNO. The molecular weight excluding hydrogens is 246 g/mol. The van der Waals surface area contributed by atoms with Crippen molar-refractivity contribution in [1.29, 1.82) is 0 Å². The molecule has 0 saturated carbocycles. The van der Waals surface area contributed by atoms with Crippen LogP contribution in [0.4, 0.5) is 0 Å². The third-order valence-corrected chi connectivity index (χ3v) is 3.65. The van der Waals surface area contributed by atoms with Crippen LogP contribution in [-0.2, 0) is 0 Å². The number of fused-ring (bicyclic) bond motifs is 1. The molecule has 1 aromatic carbocycles. The van der Waals surface area contributed by atoms with Gasteiger partial charge >= 0.3 is 0 Å². The van der Waals surface area contributed by atoms with E-state index >= 15 is 0 Å². The van der Waals surface area contributed by atoms with Gasteiger partial charge in [-0.25, -0.2) is 0 Å². The minimum Gasteiger partial charge on any atom is -0.488 e. The van der Waals surface area contributed by atoms with Crippen molar-refractivity contribution >= 4 is 11.6 Å². The van der Waals surface area contributed by atoms with Crippen LogP contribution in [0.25, 0.3) is 0 Å². The van der Waals surface area contributed by atoms with Gasteiger partial charge in [-0.2, -0.15) is 0 Å². The molecule has 0 spiro atoms. The van der Waals surface area contributed by atoms with Crippen LogP contribution < -0.4 is 10.1 Å². The lowest BCUT2D eigenvalue weighted by molar-refractivity contribution is 0.177. The monoisotopic (exact) mass is 267 g/mol. The van der Waals surface area contributed by atoms with Crippen LogP contribution in [-0.4, -0.2) is 12.6 Å². The van der Waals surface area contributed by atoms with E-state index in [0.29, 0.717) is 0 Å². The van der Waals surface area contributed by atoms with Crippen molar-refractivity contribution in [2.45, 2.75) is 52.2 Å². The Morgan fingerprint density at radius 2 is 2.06 bits per heavy atom. The van der Waals surface area contributed by atoms with Crippen LogP contribution in [0.2, 0.25) is 5.02 Å². The molecule has 0 bridgehead atoms. The summed E-state index contributed by atoms with van der Waals surface area (Å²) in [6.07, 6.45) is 3.58. The van der Waals surface area contributed by atoms with E-state index in [1.807, 2.05) is 12.1 Å². The zero-order valence-electron chi connectivity index (χ0n) is 11.4. The highest BCUT2D eigenvalue weighted by Crippen LogP contribution is 2.42. The maximum absolute atomic E-state index is 6.17. The van der Waals surface area contributed by atoms with Crippen LogP contribution in [0.3, 0.4) is 0 Å². The Labute approximate surface area is 115 Å². The van der Waals surface area contributed by atoms with Crippen molar-refractivity contribution in [3.05, 3.63) is 28.3 Å². The average Bonchev–Trinajstić information content (AvgIpc) is 2.65. The topological polar surface area (TPSA) is 21.3 Å². The van der Waals surface area contributed by atoms with Crippen LogP contribution in [0, 0.1) is 6.92 Å². The molecule has 2 nitrogen and oxygen atoms in total. The van der Waals surface area contributed by atoms with E-state index in [4.69, 9.17) is 16.3 Å². The first-order chi connectivity index (χ1) is 8.67. The highest BCUT2D eigenvalue weighted by atomic mass is 35.5. The molecule has 0 radical (unpaired) electrons. The minimum absolute atomic E-state index is 0.244. The zero-order chi connectivity index (χ0) is 13.1. The summed E-state index contributed by atoms with van der Waals surface area (Å²) < 4.78 is 6.12. The maximum atomic E-state index is 6.17. The summed E-state index contributed by atoms with van der Waals surface area (Å²) in [5.41, 5.74) is 2.37. The van der Waals surface area contributed by atoms with E-state index in [2.05, 4.69) is 26.1 Å². The first kappa shape index (κ1) is 13.7. The standard InChI is InChI=1S/C15H22ClNO/c1-4-6-13-14(17-7-5-2)12-9-11(16)8-10(3)15(12)18-13/h8-9,13-14,17H,4-7H2,1-3H3. The lowest BCUT2D eigenvalue weighted by Crippen LogP contribution is -2.31. The maximum Gasteiger partial charge on any atom is 0.127 e. The second-order valence-electron chi connectivity index (χ2n) is 5.02. The number of nitrogens with one attached hydrogen (secondary N) is 1. The van der Waals surface area contributed by atoms with Gasteiger partial charge in [-0.05, 0) is 44.0 Å². The molecule has 2 atom stereocenters. The first-order valence-electron chi connectivity index (χ1n) is 6.87. The fourth-order valence-corrected chi connectivity index (χ4v) is 2.90. The molecule has 100 valence electrons. The smallest absolute Gasteiger partial charge is 0.127 e. The second-order valence-corrected chi connectivity index (χ2v) is 5.45. The third kappa shape index (κ3) is 2.65. The zero-order valence-corrected chi connectivity index (χ0v) is 12.2. The summed E-state index contributed by atoms with van der Waals surface area (Å²) in [6, 6.07) is 4.32. The van der Waals surface area contributed by atoms with Gasteiger partial charge in [0.15, 0.2) is 0 Å². The second kappa shape index (κ2) is 5.94. The molecule has 0 aliphatic carbocycles. The molecule has 1 aromatic rings. The lowest BCUT2D eigenvalue weighted by atomic mass is 9.99. The van der Waals surface area contributed by atoms with E-state index < -0.39 is 0 Å². The summed E-state index contributed by atoms with van der Waals surface area (Å²) in [5, 5.41) is 4.39. The molecule has 0 saturated heterocycles. The van der Waals surface area contributed by atoms with Gasteiger partial charge in [-0.3, -0.25) is 0 Å². The van der Waals surface area contributed by atoms with Crippen molar-refractivity contribution in [1.82, 2.24) is 5.32 Å². The molecule has 1 heterocycles. The molecule has 1 aliphatic heterocycles. The van der Waals surface area contributed by atoms with Crippen molar-refractivity contribution < 1.29 is 4.74 Å². The van der Waals surface area contributed by atoms with Crippen molar-refractivity contribution in [3.63, 3.8) is 0 Å². The average molecular weight is 268 g/mol. The third-order valence-electron chi connectivity index (χ3n) is 3.43. The summed E-state index contributed by atoms with van der Waals surface area (Å²) in [4.78, 5) is 0. The van der Waals surface area contributed by atoms with Gasteiger partial charge in [-0.1, -0.05) is 31.9 Å². The number of benzene rings is 1. The van der Waals surface area contributed by atoms with Gasteiger partial charge in [0.05, 0.1) is 6.04 Å². The number of rotatable bonds is 5. The van der Waals surface area contributed by atoms with Crippen molar-refractivity contribution in [2.75, 3.05) is 6.54 Å². The normalized spacial score (nSPS) is 21.8. The van der Waals surface area contributed by atoms with Gasteiger partial charge in [0.2, 0.25) is 0 Å². The Balaban J connectivity index is 2.29. The van der Waals surface area contributed by atoms with Gasteiger partial charge in [0.1, 0.15) is 11.9 Å². The number of hydrogen-bond acceptors (Lipinski definition) is 2. The van der Waals surface area contributed by atoms with Crippen molar-refractivity contribution in [2.24, 2.45) is 0 Å². The number of ether oxygens (including phenoxy) is 1. The molecule has 0 amide bonds. The largest absolute Gasteiger partial charge is 0.488 e. The van der Waals surface area contributed by atoms with E-state index in [1.165, 1.54) is 5.56 Å². The number of hydrogen-bond donors (Lipinski definition) is 1. The van der Waals surface area contributed by atoms with Gasteiger partial charge in [0, 0.05) is 10.6 Å². The molecule has 0 aromatic heterocycles. The SMILES string of the molecule is CCCNC1c2cc(Cl)cc(C)c2OC1CCC. The lowest BCUT2D eigenvalue weighted by Gasteiger charge is -2.19. The summed E-state index contributed by atoms with van der Waals surface area (Å²) in [5.74, 6) is 1.03. The molecule has 2 unspecified atom stereocenters. The highest BCUT2D eigenvalue weighted by Gasteiger charge is 2.34. The van der Waals surface area contributed by atoms with E-state index in [1.54, 1.807) is 0 Å². The van der Waals surface area contributed by atoms with Gasteiger partial charge < -0.3 is 10.1 Å². The molecule has 1 N–H and O–H groups in total. The molecule has 1 aliphatic rings. The molecule has 3 heteroatoms.